The molecule has 24 heteroatoms. The van der Waals surface area contributed by atoms with Gasteiger partial charge in [-0.15, -0.1) is 6.58 Å². The average molecular weight is 1180 g/mol. The summed E-state index contributed by atoms with van der Waals surface area (Å²) < 4.78 is 85.0. The number of nitrogens with zero attached hydrogens (tertiary/aromatic N) is 4. The number of hydrazine groups is 2. The number of ketones is 2. The lowest BCUT2D eigenvalue weighted by molar-refractivity contribution is -0.165. The van der Waals surface area contributed by atoms with Crippen LogP contribution in [-0.2, 0) is 38.4 Å². The van der Waals surface area contributed by atoms with Crippen LogP contribution in [0.15, 0.2) is 86.2 Å². The quantitative estimate of drug-likeness (QED) is 0.0551. The number of pyridine rings is 2. The number of aromatic nitrogens is 2. The van der Waals surface area contributed by atoms with Gasteiger partial charge in [0.15, 0.2) is 12.1 Å². The van der Waals surface area contributed by atoms with Crippen molar-refractivity contribution in [3.05, 3.63) is 109 Å². The van der Waals surface area contributed by atoms with Crippen molar-refractivity contribution >= 4 is 80.7 Å². The highest BCUT2D eigenvalue weighted by atomic mass is 19.4. The molecule has 5 bridgehead atoms. The lowest BCUT2D eigenvalue weighted by atomic mass is 9.89. The number of fused-ring (bicyclic) bond motifs is 5. The Labute approximate surface area is 483 Å². The fourth-order valence-corrected chi connectivity index (χ4v) is 10.0. The van der Waals surface area contributed by atoms with Gasteiger partial charge in [-0.3, -0.25) is 58.3 Å². The molecule has 2 fully saturated rings. The van der Waals surface area contributed by atoms with E-state index in [4.69, 9.17) is 0 Å². The molecule has 2 aromatic carbocycles. The summed E-state index contributed by atoms with van der Waals surface area (Å²) in [5.41, 5.74) is 6.10. The van der Waals surface area contributed by atoms with E-state index in [0.29, 0.717) is 45.8 Å². The molecule has 3 aliphatic heterocycles. The molecule has 7 rings (SSSR count). The van der Waals surface area contributed by atoms with Crippen molar-refractivity contribution in [2.75, 3.05) is 13.1 Å². The number of allylic oxidation sites excluding steroid dienone is 2. The summed E-state index contributed by atoms with van der Waals surface area (Å²) in [7, 11) is 0. The van der Waals surface area contributed by atoms with E-state index < -0.39 is 95.9 Å². The zero-order chi connectivity index (χ0) is 61.8. The molecule has 3 aliphatic rings. The van der Waals surface area contributed by atoms with E-state index in [-0.39, 0.29) is 86.1 Å². The molecule has 4 aromatic rings. The van der Waals surface area contributed by atoms with Crippen LogP contribution in [0.25, 0.3) is 33.7 Å². The van der Waals surface area contributed by atoms with E-state index in [1.165, 1.54) is 74.8 Å². The molecule has 5 heterocycles. The maximum Gasteiger partial charge on any atom is 0.412 e. The Morgan fingerprint density at radius 1 is 0.798 bits per heavy atom. The second kappa shape index (κ2) is 28.6. The third kappa shape index (κ3) is 17.4. The molecule has 0 aliphatic carbocycles. The van der Waals surface area contributed by atoms with Crippen molar-refractivity contribution in [1.29, 1.82) is 0 Å². The highest BCUT2D eigenvalue weighted by molar-refractivity contribution is 5.94. The first kappa shape index (κ1) is 65.3. The zero-order valence-electron chi connectivity index (χ0n) is 47.7. The molecular weight excluding hydrogens is 1100 g/mol. The fraction of sp³-hybridized carbons (Fsp3) is 0.467. The SMILES string of the molecule is C=CCC(=O)C[C@H](C(=O)N[C@@H](C)C(=O)N1CCC[C@@H](C(=O)N[C@@H](c2ccc3cnc(C=C)cc3c2)C(F)(F)F)N1)C(C)C.CC(C)[C@@H]1CC(=O)C/C=C/c2cc3cc(ccc3cn2)[C@@H](C(F)(F)F)NC(=O)[C@@H]2CCCN(N2)C(=O)[C@H](C)NC1=O. The van der Waals surface area contributed by atoms with Gasteiger partial charge in [-0.1, -0.05) is 70.7 Å². The van der Waals surface area contributed by atoms with Gasteiger partial charge in [0, 0.05) is 73.8 Å². The van der Waals surface area contributed by atoms with Gasteiger partial charge in [0.25, 0.3) is 11.8 Å². The number of amides is 6. The summed E-state index contributed by atoms with van der Waals surface area (Å²) >= 11 is 0. The third-order valence-corrected chi connectivity index (χ3v) is 14.8. The van der Waals surface area contributed by atoms with Crippen LogP contribution in [0, 0.1) is 23.7 Å². The Morgan fingerprint density at radius 2 is 1.48 bits per heavy atom. The molecule has 84 heavy (non-hydrogen) atoms. The number of hydrogen-bond donors (Lipinski definition) is 6. The summed E-state index contributed by atoms with van der Waals surface area (Å²) in [4.78, 5) is 112. The van der Waals surface area contributed by atoms with Crippen LogP contribution < -0.4 is 32.1 Å². The van der Waals surface area contributed by atoms with Gasteiger partial charge in [-0.2, -0.15) is 26.3 Å². The predicted molar refractivity (Wildman–Crippen MR) is 303 cm³/mol. The number of benzene rings is 2. The normalized spacial score (nSPS) is 21.8. The van der Waals surface area contributed by atoms with Crippen molar-refractivity contribution < 1.29 is 64.7 Å². The van der Waals surface area contributed by atoms with E-state index >= 15 is 0 Å². The maximum atomic E-state index is 14.2. The molecule has 0 radical (unpaired) electrons. The Bertz CT molecular complexity index is 3150. The molecule has 452 valence electrons. The number of carbonyl (C=O) groups is 8. The monoisotopic (exact) mass is 1170 g/mol. The minimum atomic E-state index is -4.79. The first-order chi connectivity index (χ1) is 39.6. The van der Waals surface area contributed by atoms with Gasteiger partial charge in [-0.05, 0) is 110 Å². The molecule has 2 aromatic heterocycles. The number of Topliss-reactive ketones (excluding diaryl/α,β-unsaturated/α-hetero) is 2. The summed E-state index contributed by atoms with van der Waals surface area (Å²) in [6.07, 6.45) is 0.921. The van der Waals surface area contributed by atoms with Crippen LogP contribution in [0.4, 0.5) is 26.3 Å². The van der Waals surface area contributed by atoms with Crippen LogP contribution in [0.2, 0.25) is 0 Å². The highest BCUT2D eigenvalue weighted by Gasteiger charge is 2.45. The fourth-order valence-electron chi connectivity index (χ4n) is 10.0. The van der Waals surface area contributed by atoms with Gasteiger partial charge in [0.05, 0.1) is 11.4 Å². The van der Waals surface area contributed by atoms with Crippen LogP contribution in [-0.4, -0.2) is 117 Å². The number of alkyl halides is 6. The Hall–Kier alpha value is -7.86. The Kier molecular flexibility index (Phi) is 22.2. The molecule has 6 N–H and O–H groups in total. The first-order valence-corrected chi connectivity index (χ1v) is 27.8. The van der Waals surface area contributed by atoms with E-state index in [0.717, 1.165) is 10.0 Å². The second-order valence-electron chi connectivity index (χ2n) is 22.0. The second-order valence-corrected chi connectivity index (χ2v) is 22.0. The van der Waals surface area contributed by atoms with Gasteiger partial charge in [-0.25, -0.2) is 10.9 Å². The smallest absolute Gasteiger partial charge is 0.344 e. The molecule has 18 nitrogen and oxygen atoms in total. The van der Waals surface area contributed by atoms with Crippen molar-refractivity contribution in [2.24, 2.45) is 23.7 Å². The highest BCUT2D eigenvalue weighted by Crippen LogP contribution is 2.36. The molecule has 8 atom stereocenters. The van der Waals surface area contributed by atoms with Gasteiger partial charge < -0.3 is 21.3 Å². The Balaban J connectivity index is 0.000000270. The first-order valence-electron chi connectivity index (χ1n) is 27.8. The van der Waals surface area contributed by atoms with E-state index in [9.17, 15) is 64.7 Å². The summed E-state index contributed by atoms with van der Waals surface area (Å²) in [5, 5.41) is 14.1. The molecular formula is C60H72F6N10O8. The van der Waals surface area contributed by atoms with Crippen molar-refractivity contribution in [1.82, 2.24) is 52.1 Å². The lowest BCUT2D eigenvalue weighted by Gasteiger charge is -2.35. The standard InChI is InChI=1S/C31H38F3N5O4.C29H34F3N5O4/c1-6-9-24(40)16-25(18(3)4)28(41)36-19(5)30(43)39-13-8-10-26(38-39)29(42)37-27(31(32,33)34)20-11-12-21-17-35-23(7-2)15-22(21)14-20;1-16(2)23-14-22(38)7-4-6-21-13-20-12-18(9-10-19(20)15-33-21)25(29(30,31)32)35-27(40)24-8-5-11-37(36-24)28(41)17(3)34-26(23)39/h6-7,11-12,14-15,17-19,25-27,38H,1-2,8-10,13,16H2,3-5H3,(H,36,41)(H,37,42);4,6,9-10,12-13,15-17,23-25,36H,5,7-8,11,14H2,1-3H3,(H,34,39)(H,35,40)/b;6-4+/t19-,25-,26-,27-;17-,23-,24-,25-/m00/s1. The molecule has 2 saturated heterocycles. The third-order valence-electron chi connectivity index (χ3n) is 14.8. The minimum absolute atomic E-state index is 0.00449. The number of hydrogen-bond acceptors (Lipinski definition) is 12. The molecule has 0 unspecified atom stereocenters. The Morgan fingerprint density at radius 3 is 2.13 bits per heavy atom. The number of carbonyl (C=O) groups excluding carboxylic acids is 8. The van der Waals surface area contributed by atoms with Crippen molar-refractivity contribution in [2.45, 2.75) is 142 Å². The summed E-state index contributed by atoms with van der Waals surface area (Å²) in [6, 6.07) is 2.77. The van der Waals surface area contributed by atoms with Crippen LogP contribution >= 0.6 is 0 Å². The summed E-state index contributed by atoms with van der Waals surface area (Å²) in [6.45, 7) is 17.8. The van der Waals surface area contributed by atoms with Crippen molar-refractivity contribution in [3.8, 4) is 0 Å². The largest absolute Gasteiger partial charge is 0.412 e. The van der Waals surface area contributed by atoms with E-state index in [1.54, 1.807) is 38.1 Å². The van der Waals surface area contributed by atoms with Gasteiger partial charge in [0.2, 0.25) is 23.6 Å². The average Bonchev–Trinajstić information content (AvgIpc) is 3.40. The number of rotatable bonds is 13. The molecule has 0 saturated carbocycles. The van der Waals surface area contributed by atoms with E-state index in [2.05, 4.69) is 55.2 Å². The molecule has 0 spiro atoms. The van der Waals surface area contributed by atoms with Crippen molar-refractivity contribution in [3.63, 3.8) is 0 Å². The predicted octanol–water partition coefficient (Wildman–Crippen LogP) is 8.01. The number of halogens is 6. The van der Waals surface area contributed by atoms with Crippen LogP contribution in [0.5, 0.6) is 0 Å². The van der Waals surface area contributed by atoms with Gasteiger partial charge >= 0.3 is 12.4 Å². The topological polar surface area (TPSA) is 241 Å². The van der Waals surface area contributed by atoms with Gasteiger partial charge in [0.1, 0.15) is 35.7 Å². The summed E-state index contributed by atoms with van der Waals surface area (Å²) in [5.74, 6) is -5.80. The maximum absolute atomic E-state index is 14.2. The lowest BCUT2D eigenvalue weighted by Crippen LogP contribution is -2.61. The molecule has 6 amide bonds. The van der Waals surface area contributed by atoms with E-state index in [1.807, 2.05) is 13.8 Å². The zero-order valence-corrected chi connectivity index (χ0v) is 47.7. The number of nitrogens with one attached hydrogen (secondary N) is 6. The van der Waals surface area contributed by atoms with Crippen LogP contribution in [0.3, 0.4) is 0 Å². The van der Waals surface area contributed by atoms with Crippen LogP contribution in [0.1, 0.15) is 128 Å². The minimum Gasteiger partial charge on any atom is -0.344 e.